The lowest BCUT2D eigenvalue weighted by Gasteiger charge is -2.09. The summed E-state index contributed by atoms with van der Waals surface area (Å²) in [4.78, 5) is 12.8. The van der Waals surface area contributed by atoms with E-state index in [1.165, 1.54) is 0 Å². The number of aromatic nitrogens is 1. The molecule has 0 saturated carbocycles. The van der Waals surface area contributed by atoms with Crippen molar-refractivity contribution in [1.82, 2.24) is 4.57 Å². The minimum absolute atomic E-state index is 0.202. The molecule has 1 aliphatic rings. The lowest BCUT2D eigenvalue weighted by Crippen LogP contribution is -2.03. The number of halogens is 2. The van der Waals surface area contributed by atoms with Crippen LogP contribution in [0.2, 0.25) is 10.2 Å². The van der Waals surface area contributed by atoms with Crippen molar-refractivity contribution in [3.05, 3.63) is 93.1 Å². The van der Waals surface area contributed by atoms with Gasteiger partial charge in [-0.05, 0) is 48.4 Å². The molecule has 4 nitrogen and oxygen atoms in total. The molecule has 5 rings (SSSR count). The Kier molecular flexibility index (Phi) is 5.20. The molecule has 1 aromatic heterocycles. The van der Waals surface area contributed by atoms with Gasteiger partial charge < -0.3 is 14.6 Å². The van der Waals surface area contributed by atoms with Crippen LogP contribution in [0.5, 0.6) is 5.75 Å². The van der Waals surface area contributed by atoms with Crippen LogP contribution < -0.4 is 10.1 Å². The van der Waals surface area contributed by atoms with Gasteiger partial charge in [-0.2, -0.15) is 0 Å². The Hall–Kier alpha value is -3.21. The van der Waals surface area contributed by atoms with Gasteiger partial charge in [-0.25, -0.2) is 0 Å². The summed E-state index contributed by atoms with van der Waals surface area (Å²) < 4.78 is 7.63. The summed E-state index contributed by atoms with van der Waals surface area (Å²) in [6.45, 7) is 2.61. The second-order valence-corrected chi connectivity index (χ2v) is 8.55. The quantitative estimate of drug-likeness (QED) is 0.338. The molecule has 0 bridgehead atoms. The number of anilines is 1. The number of methoxy groups -OCH3 is 1. The van der Waals surface area contributed by atoms with E-state index in [2.05, 4.69) is 28.1 Å². The van der Waals surface area contributed by atoms with Crippen molar-refractivity contribution in [1.29, 1.82) is 0 Å². The molecule has 1 N–H and O–H groups in total. The van der Waals surface area contributed by atoms with Crippen molar-refractivity contribution in [3.8, 4) is 5.75 Å². The van der Waals surface area contributed by atoms with E-state index in [4.69, 9.17) is 27.9 Å². The average molecular weight is 463 g/mol. The molecule has 160 valence electrons. The number of nitrogens with one attached hydrogen (secondary N) is 1. The zero-order valence-electron chi connectivity index (χ0n) is 17.6. The van der Waals surface area contributed by atoms with Crippen LogP contribution in [0.25, 0.3) is 22.6 Å². The van der Waals surface area contributed by atoms with Crippen molar-refractivity contribution in [3.63, 3.8) is 0 Å². The fraction of sp³-hybridized carbons (Fsp3) is 0.115. The third-order valence-corrected chi connectivity index (χ3v) is 6.52. The van der Waals surface area contributed by atoms with E-state index in [1.54, 1.807) is 13.2 Å². The van der Waals surface area contributed by atoms with Crippen LogP contribution >= 0.6 is 23.2 Å². The lowest BCUT2D eigenvalue weighted by molar-refractivity contribution is -0.110. The molecule has 0 unspecified atom stereocenters. The minimum atomic E-state index is -0.202. The van der Waals surface area contributed by atoms with Gasteiger partial charge in [0.1, 0.15) is 10.9 Å². The first kappa shape index (κ1) is 20.7. The van der Waals surface area contributed by atoms with Gasteiger partial charge in [0, 0.05) is 23.1 Å². The highest BCUT2D eigenvalue weighted by Gasteiger charge is 2.28. The van der Waals surface area contributed by atoms with Gasteiger partial charge in [0.2, 0.25) is 0 Å². The highest BCUT2D eigenvalue weighted by atomic mass is 35.5. The highest BCUT2D eigenvalue weighted by Crippen LogP contribution is 2.42. The molecule has 2 heterocycles. The standard InChI is InChI=1S/C26H20Cl2N2O2/c1-15-11-22-17(13-23(15)32-2)18(25(28)30(22)14-16-7-4-3-5-8-16)12-19-24-20(27)9-6-10-21(24)29-26(19)31/h3-13H,14H2,1-2H3,(H,29,31)/b19-12+. The first-order valence-corrected chi connectivity index (χ1v) is 11.0. The number of fused-ring (bicyclic) bond motifs is 2. The number of nitrogens with zero attached hydrogens (tertiary/aromatic N) is 1. The molecule has 0 radical (unpaired) electrons. The van der Waals surface area contributed by atoms with E-state index in [-0.39, 0.29) is 5.91 Å². The van der Waals surface area contributed by atoms with Crippen LogP contribution in [-0.2, 0) is 11.3 Å². The summed E-state index contributed by atoms with van der Waals surface area (Å²) >= 11 is 13.4. The van der Waals surface area contributed by atoms with Gasteiger partial charge in [-0.3, -0.25) is 4.79 Å². The predicted molar refractivity (Wildman–Crippen MR) is 132 cm³/mol. The SMILES string of the molecule is COc1cc2c(/C=C3/C(=O)Nc4cccc(Cl)c43)c(Cl)n(Cc3ccccc3)c2cc1C. The Morgan fingerprint density at radius 3 is 2.59 bits per heavy atom. The summed E-state index contributed by atoms with van der Waals surface area (Å²) in [5.74, 6) is 0.562. The van der Waals surface area contributed by atoms with Crippen molar-refractivity contribution < 1.29 is 9.53 Å². The molecule has 6 heteroatoms. The minimum Gasteiger partial charge on any atom is -0.496 e. The molecular formula is C26H20Cl2N2O2. The van der Waals surface area contributed by atoms with E-state index >= 15 is 0 Å². The first-order chi connectivity index (χ1) is 15.5. The number of ether oxygens (including phenoxy) is 1. The summed E-state index contributed by atoms with van der Waals surface area (Å²) in [5.41, 5.74) is 5.76. The molecular weight excluding hydrogens is 443 g/mol. The Morgan fingerprint density at radius 2 is 1.84 bits per heavy atom. The number of amides is 1. The summed E-state index contributed by atoms with van der Waals surface area (Å²) in [6, 6.07) is 19.6. The van der Waals surface area contributed by atoms with Crippen LogP contribution in [0.3, 0.4) is 0 Å². The third kappa shape index (κ3) is 3.36. The Balaban J connectivity index is 1.76. The third-order valence-electron chi connectivity index (χ3n) is 5.80. The number of aryl methyl sites for hydroxylation is 1. The molecule has 1 aliphatic heterocycles. The maximum Gasteiger partial charge on any atom is 0.256 e. The Morgan fingerprint density at radius 1 is 1.06 bits per heavy atom. The molecule has 0 fully saturated rings. The second-order valence-electron chi connectivity index (χ2n) is 7.79. The fourth-order valence-electron chi connectivity index (χ4n) is 4.24. The Labute approximate surface area is 196 Å². The zero-order valence-corrected chi connectivity index (χ0v) is 19.1. The molecule has 0 spiro atoms. The first-order valence-electron chi connectivity index (χ1n) is 10.2. The van der Waals surface area contributed by atoms with E-state index < -0.39 is 0 Å². The summed E-state index contributed by atoms with van der Waals surface area (Å²) in [7, 11) is 1.65. The van der Waals surface area contributed by atoms with Gasteiger partial charge in [0.15, 0.2) is 0 Å². The van der Waals surface area contributed by atoms with E-state index in [0.29, 0.717) is 33.5 Å². The van der Waals surface area contributed by atoms with Crippen molar-refractivity contribution >= 4 is 57.3 Å². The lowest BCUT2D eigenvalue weighted by atomic mass is 10.0. The molecule has 32 heavy (non-hydrogen) atoms. The van der Waals surface area contributed by atoms with E-state index in [0.717, 1.165) is 33.3 Å². The Bertz CT molecular complexity index is 1400. The number of carbonyl (C=O) groups excluding carboxylic acids is 1. The predicted octanol–water partition coefficient (Wildman–Crippen LogP) is 6.81. The largest absolute Gasteiger partial charge is 0.496 e. The summed E-state index contributed by atoms with van der Waals surface area (Å²) in [6.07, 6.45) is 1.83. The van der Waals surface area contributed by atoms with Crippen molar-refractivity contribution in [2.75, 3.05) is 12.4 Å². The number of hydrogen-bond acceptors (Lipinski definition) is 2. The van der Waals surface area contributed by atoms with Crippen LogP contribution in [0.15, 0.2) is 60.7 Å². The normalized spacial score (nSPS) is 14.1. The number of hydrogen-bond donors (Lipinski definition) is 1. The second kappa shape index (κ2) is 8.05. The van der Waals surface area contributed by atoms with Gasteiger partial charge in [0.25, 0.3) is 5.91 Å². The van der Waals surface area contributed by atoms with Crippen LogP contribution in [0.4, 0.5) is 5.69 Å². The molecule has 0 atom stereocenters. The molecule has 4 aromatic rings. The fourth-order valence-corrected chi connectivity index (χ4v) is 4.82. The van der Waals surface area contributed by atoms with Gasteiger partial charge in [0.05, 0.1) is 28.9 Å². The van der Waals surface area contributed by atoms with Crippen molar-refractivity contribution in [2.45, 2.75) is 13.5 Å². The van der Waals surface area contributed by atoms with Gasteiger partial charge in [-0.15, -0.1) is 0 Å². The molecule has 0 aliphatic carbocycles. The zero-order chi connectivity index (χ0) is 22.4. The molecule has 0 saturated heterocycles. The van der Waals surface area contributed by atoms with Crippen molar-refractivity contribution in [2.24, 2.45) is 0 Å². The maximum atomic E-state index is 12.8. The maximum absolute atomic E-state index is 12.8. The molecule has 1 amide bonds. The number of benzene rings is 3. The smallest absolute Gasteiger partial charge is 0.256 e. The van der Waals surface area contributed by atoms with Gasteiger partial charge in [-0.1, -0.05) is 59.6 Å². The van der Waals surface area contributed by atoms with Crippen LogP contribution in [0.1, 0.15) is 22.3 Å². The monoisotopic (exact) mass is 462 g/mol. The highest BCUT2D eigenvalue weighted by molar-refractivity contribution is 6.42. The van der Waals surface area contributed by atoms with E-state index in [9.17, 15) is 4.79 Å². The number of carbonyl (C=O) groups is 1. The molecule has 3 aromatic carbocycles. The van der Waals surface area contributed by atoms with Gasteiger partial charge >= 0.3 is 0 Å². The van der Waals surface area contributed by atoms with E-state index in [1.807, 2.05) is 49.4 Å². The average Bonchev–Trinajstić information content (AvgIpc) is 3.23. The van der Waals surface area contributed by atoms with Crippen LogP contribution in [0, 0.1) is 6.92 Å². The summed E-state index contributed by atoms with van der Waals surface area (Å²) in [5, 5.41) is 4.87. The van der Waals surface area contributed by atoms with Crippen LogP contribution in [-0.4, -0.2) is 17.6 Å². The topological polar surface area (TPSA) is 43.3 Å². The number of rotatable bonds is 4.